The molecule has 15 heavy (non-hydrogen) atoms. The normalized spacial score (nSPS) is 9.93. The van der Waals surface area contributed by atoms with E-state index in [2.05, 4.69) is 15.3 Å². The summed E-state index contributed by atoms with van der Waals surface area (Å²) in [5.74, 6) is 0.515. The highest BCUT2D eigenvalue weighted by molar-refractivity contribution is 6.28. The smallest absolute Gasteiger partial charge is 0.224 e. The van der Waals surface area contributed by atoms with E-state index in [-0.39, 0.29) is 5.28 Å². The maximum absolute atomic E-state index is 5.69. The van der Waals surface area contributed by atoms with Gasteiger partial charge < -0.3 is 11.1 Å². The highest BCUT2D eigenvalue weighted by atomic mass is 35.5. The van der Waals surface area contributed by atoms with E-state index < -0.39 is 0 Å². The molecule has 0 saturated heterocycles. The summed E-state index contributed by atoms with van der Waals surface area (Å²) in [6, 6.07) is 9.59. The van der Waals surface area contributed by atoms with Gasteiger partial charge in [0.1, 0.15) is 0 Å². The van der Waals surface area contributed by atoms with Crippen molar-refractivity contribution in [1.82, 2.24) is 9.97 Å². The third-order valence-corrected chi connectivity index (χ3v) is 2.01. The first-order valence-corrected chi connectivity index (χ1v) is 4.73. The summed E-state index contributed by atoms with van der Waals surface area (Å²) < 4.78 is 0. The number of benzene rings is 1. The SMILES string of the molecule is Nc1cnc(Cl)nc1Nc1ccccc1. The summed E-state index contributed by atoms with van der Waals surface area (Å²) in [4.78, 5) is 7.76. The Bertz CT molecular complexity index is 458. The molecular formula is C10H9ClN4. The predicted octanol–water partition coefficient (Wildman–Crippen LogP) is 2.46. The first-order chi connectivity index (χ1) is 7.25. The predicted molar refractivity (Wildman–Crippen MR) is 61.2 cm³/mol. The van der Waals surface area contributed by atoms with Gasteiger partial charge in [0.15, 0.2) is 5.82 Å². The molecule has 0 radical (unpaired) electrons. The lowest BCUT2D eigenvalue weighted by Crippen LogP contribution is -2.00. The molecule has 2 aromatic rings. The van der Waals surface area contributed by atoms with Crippen LogP contribution in [0.5, 0.6) is 0 Å². The van der Waals surface area contributed by atoms with Crippen molar-refractivity contribution in [3.8, 4) is 0 Å². The van der Waals surface area contributed by atoms with Gasteiger partial charge in [0, 0.05) is 5.69 Å². The summed E-state index contributed by atoms with van der Waals surface area (Å²) in [5, 5.41) is 3.22. The number of nitrogens with two attached hydrogens (primary N) is 1. The van der Waals surface area contributed by atoms with E-state index in [0.717, 1.165) is 5.69 Å². The molecule has 0 spiro atoms. The number of nitrogens with zero attached hydrogens (tertiary/aromatic N) is 2. The molecule has 3 N–H and O–H groups in total. The molecule has 0 bridgehead atoms. The van der Waals surface area contributed by atoms with Crippen molar-refractivity contribution in [3.63, 3.8) is 0 Å². The Labute approximate surface area is 92.1 Å². The molecule has 76 valence electrons. The van der Waals surface area contributed by atoms with Gasteiger partial charge in [-0.15, -0.1) is 0 Å². The van der Waals surface area contributed by atoms with Gasteiger partial charge in [0.2, 0.25) is 5.28 Å². The van der Waals surface area contributed by atoms with Crippen molar-refractivity contribution in [2.45, 2.75) is 0 Å². The Morgan fingerprint density at radius 1 is 1.20 bits per heavy atom. The Hall–Kier alpha value is -1.81. The lowest BCUT2D eigenvalue weighted by atomic mass is 10.3. The van der Waals surface area contributed by atoms with Gasteiger partial charge in [-0.2, -0.15) is 4.98 Å². The van der Waals surface area contributed by atoms with Crippen LogP contribution in [0.15, 0.2) is 36.5 Å². The molecule has 2 rings (SSSR count). The Balaban J connectivity index is 2.28. The average molecular weight is 221 g/mol. The lowest BCUT2D eigenvalue weighted by molar-refractivity contribution is 1.17. The molecule has 1 heterocycles. The largest absolute Gasteiger partial charge is 0.394 e. The number of para-hydroxylation sites is 1. The van der Waals surface area contributed by atoms with Crippen molar-refractivity contribution in [2.24, 2.45) is 0 Å². The third-order valence-electron chi connectivity index (χ3n) is 1.82. The minimum absolute atomic E-state index is 0.169. The number of anilines is 3. The van der Waals surface area contributed by atoms with Crippen molar-refractivity contribution in [2.75, 3.05) is 11.1 Å². The van der Waals surface area contributed by atoms with Gasteiger partial charge in [-0.3, -0.25) is 0 Å². The summed E-state index contributed by atoms with van der Waals surface area (Å²) in [7, 11) is 0. The molecule has 0 unspecified atom stereocenters. The second kappa shape index (κ2) is 4.14. The first kappa shape index (κ1) is 9.73. The quantitative estimate of drug-likeness (QED) is 0.764. The number of halogens is 1. The van der Waals surface area contributed by atoms with Gasteiger partial charge in [0.25, 0.3) is 0 Å². The van der Waals surface area contributed by atoms with E-state index in [9.17, 15) is 0 Å². The third kappa shape index (κ3) is 2.35. The Kier molecular flexibility index (Phi) is 2.69. The number of nitrogen functional groups attached to an aromatic ring is 1. The van der Waals surface area contributed by atoms with Crippen LogP contribution in [0, 0.1) is 0 Å². The highest BCUT2D eigenvalue weighted by Crippen LogP contribution is 2.20. The minimum atomic E-state index is 0.169. The van der Waals surface area contributed by atoms with Gasteiger partial charge in [0.05, 0.1) is 11.9 Å². The van der Waals surface area contributed by atoms with Crippen LogP contribution in [0.25, 0.3) is 0 Å². The zero-order valence-corrected chi connectivity index (χ0v) is 8.57. The number of rotatable bonds is 2. The number of hydrogen-bond acceptors (Lipinski definition) is 4. The van der Waals surface area contributed by atoms with Gasteiger partial charge >= 0.3 is 0 Å². The van der Waals surface area contributed by atoms with Crippen molar-refractivity contribution >= 4 is 28.8 Å². The van der Waals surface area contributed by atoms with E-state index in [1.807, 2.05) is 30.3 Å². The number of aromatic nitrogens is 2. The fourth-order valence-electron chi connectivity index (χ4n) is 1.13. The van der Waals surface area contributed by atoms with E-state index in [0.29, 0.717) is 11.5 Å². The van der Waals surface area contributed by atoms with Crippen molar-refractivity contribution in [3.05, 3.63) is 41.8 Å². The summed E-state index contributed by atoms with van der Waals surface area (Å²) in [5.41, 5.74) is 7.05. The lowest BCUT2D eigenvalue weighted by Gasteiger charge is -2.07. The van der Waals surface area contributed by atoms with E-state index in [4.69, 9.17) is 17.3 Å². The molecular weight excluding hydrogens is 212 g/mol. The standard InChI is InChI=1S/C10H9ClN4/c11-10-13-6-8(12)9(15-10)14-7-4-2-1-3-5-7/h1-6H,12H2,(H,13,14,15). The van der Waals surface area contributed by atoms with Crippen LogP contribution in [-0.2, 0) is 0 Å². The van der Waals surface area contributed by atoms with Gasteiger partial charge in [-0.25, -0.2) is 4.98 Å². The van der Waals surface area contributed by atoms with Crippen LogP contribution in [-0.4, -0.2) is 9.97 Å². The van der Waals surface area contributed by atoms with Crippen LogP contribution in [0.1, 0.15) is 0 Å². The van der Waals surface area contributed by atoms with Crippen LogP contribution < -0.4 is 11.1 Å². The van der Waals surface area contributed by atoms with E-state index in [1.165, 1.54) is 6.20 Å². The van der Waals surface area contributed by atoms with Crippen molar-refractivity contribution in [1.29, 1.82) is 0 Å². The molecule has 0 fully saturated rings. The maximum atomic E-state index is 5.69. The molecule has 0 atom stereocenters. The zero-order valence-electron chi connectivity index (χ0n) is 7.81. The number of hydrogen-bond donors (Lipinski definition) is 2. The average Bonchev–Trinajstić information content (AvgIpc) is 2.25. The van der Waals surface area contributed by atoms with Gasteiger partial charge in [-0.1, -0.05) is 18.2 Å². The fraction of sp³-hybridized carbons (Fsp3) is 0. The van der Waals surface area contributed by atoms with Crippen LogP contribution in [0.3, 0.4) is 0 Å². The van der Waals surface area contributed by atoms with Crippen molar-refractivity contribution < 1.29 is 0 Å². The van der Waals surface area contributed by atoms with E-state index in [1.54, 1.807) is 0 Å². The summed E-state index contributed by atoms with van der Waals surface area (Å²) in [6.45, 7) is 0. The second-order valence-corrected chi connectivity index (χ2v) is 3.27. The maximum Gasteiger partial charge on any atom is 0.224 e. The molecule has 5 heteroatoms. The monoisotopic (exact) mass is 220 g/mol. The molecule has 0 aliphatic rings. The molecule has 0 amide bonds. The van der Waals surface area contributed by atoms with Gasteiger partial charge in [-0.05, 0) is 23.7 Å². The molecule has 0 aliphatic carbocycles. The van der Waals surface area contributed by atoms with E-state index >= 15 is 0 Å². The van der Waals surface area contributed by atoms with Crippen LogP contribution in [0.2, 0.25) is 5.28 Å². The second-order valence-electron chi connectivity index (χ2n) is 2.93. The molecule has 4 nitrogen and oxygen atoms in total. The summed E-state index contributed by atoms with van der Waals surface area (Å²) >= 11 is 5.67. The highest BCUT2D eigenvalue weighted by Gasteiger charge is 2.02. The minimum Gasteiger partial charge on any atom is -0.394 e. The molecule has 0 saturated carbocycles. The fourth-order valence-corrected chi connectivity index (χ4v) is 1.26. The first-order valence-electron chi connectivity index (χ1n) is 4.36. The topological polar surface area (TPSA) is 63.8 Å². The Morgan fingerprint density at radius 2 is 1.93 bits per heavy atom. The van der Waals surface area contributed by atoms with Crippen LogP contribution in [0.4, 0.5) is 17.2 Å². The zero-order chi connectivity index (χ0) is 10.7. The Morgan fingerprint density at radius 3 is 2.67 bits per heavy atom. The number of nitrogens with one attached hydrogen (secondary N) is 1. The summed E-state index contributed by atoms with van der Waals surface area (Å²) in [6.07, 6.45) is 1.47. The molecule has 1 aromatic carbocycles. The molecule has 1 aromatic heterocycles. The molecule has 0 aliphatic heterocycles. The van der Waals surface area contributed by atoms with Crippen LogP contribution >= 0.6 is 11.6 Å².